The number of nitrogens with one attached hydrogen (secondary N) is 1. The zero-order chi connectivity index (χ0) is 20.1. The number of ether oxygens (including phenoxy) is 1. The summed E-state index contributed by atoms with van der Waals surface area (Å²) in [6, 6.07) is 17.6. The minimum absolute atomic E-state index is 0.107. The number of nitrogens with zero attached hydrogens (tertiary/aromatic N) is 2. The van der Waals surface area contributed by atoms with Gasteiger partial charge in [0.15, 0.2) is 0 Å². The molecule has 0 unspecified atom stereocenters. The maximum atomic E-state index is 13.2. The predicted molar refractivity (Wildman–Crippen MR) is 106 cm³/mol. The van der Waals surface area contributed by atoms with Crippen molar-refractivity contribution in [1.29, 1.82) is 0 Å². The molecule has 0 saturated carbocycles. The van der Waals surface area contributed by atoms with E-state index >= 15 is 0 Å². The van der Waals surface area contributed by atoms with E-state index in [0.717, 1.165) is 4.68 Å². The first kappa shape index (κ1) is 19.2. The zero-order valence-electron chi connectivity index (χ0n) is 15.7. The van der Waals surface area contributed by atoms with E-state index < -0.39 is 11.8 Å². The van der Waals surface area contributed by atoms with Crippen LogP contribution in [-0.2, 0) is 11.2 Å². The topological polar surface area (TPSA) is 82.3 Å². The third-order valence-corrected chi connectivity index (χ3v) is 4.23. The fraction of sp³-hybridized carbons (Fsp3) is 0.190. The molecule has 3 aromatic rings. The largest absolute Gasteiger partial charge is 0.449 e. The summed E-state index contributed by atoms with van der Waals surface area (Å²) in [6.45, 7) is 3.65. The number of benzene rings is 2. The van der Waals surface area contributed by atoms with Crippen molar-refractivity contribution in [3.05, 3.63) is 88.1 Å². The molecule has 2 aromatic carbocycles. The van der Waals surface area contributed by atoms with Crippen LogP contribution in [0, 0.1) is 0 Å². The van der Waals surface area contributed by atoms with Crippen molar-refractivity contribution in [2.24, 2.45) is 0 Å². The zero-order valence-corrected chi connectivity index (χ0v) is 15.7. The molecule has 0 spiro atoms. The van der Waals surface area contributed by atoms with Crippen molar-refractivity contribution in [3.8, 4) is 5.69 Å². The Morgan fingerprint density at radius 3 is 2.14 bits per heavy atom. The molecule has 0 fully saturated rings. The highest BCUT2D eigenvalue weighted by Crippen LogP contribution is 2.18. The molecule has 1 amide bonds. The Morgan fingerprint density at radius 2 is 1.57 bits per heavy atom. The second kappa shape index (κ2) is 8.39. The van der Waals surface area contributed by atoms with E-state index in [4.69, 9.17) is 4.74 Å². The van der Waals surface area contributed by atoms with Crippen molar-refractivity contribution >= 4 is 11.9 Å². The van der Waals surface area contributed by atoms with E-state index in [-0.39, 0.29) is 18.1 Å². The number of para-hydroxylation sites is 1. The standard InChI is InChI=1S/C21H21N3O4/c1-3-17-18(19(25)15-11-7-5-8-12-15)24(22-20(26)28-4-2)21(27)23(17)16-13-9-6-10-14-16/h5-14H,3-4H2,1-2H3,(H,22,26). The number of aromatic nitrogens is 2. The van der Waals surface area contributed by atoms with Gasteiger partial charge in [0, 0.05) is 5.56 Å². The van der Waals surface area contributed by atoms with Gasteiger partial charge in [0.25, 0.3) is 0 Å². The van der Waals surface area contributed by atoms with Crippen molar-refractivity contribution in [1.82, 2.24) is 9.24 Å². The fourth-order valence-corrected chi connectivity index (χ4v) is 3.03. The maximum absolute atomic E-state index is 13.2. The van der Waals surface area contributed by atoms with Gasteiger partial charge in [-0.15, -0.1) is 0 Å². The fourth-order valence-electron chi connectivity index (χ4n) is 3.03. The summed E-state index contributed by atoms with van der Waals surface area (Å²) in [5, 5.41) is 0. The highest BCUT2D eigenvalue weighted by molar-refractivity contribution is 6.09. The normalized spacial score (nSPS) is 10.5. The van der Waals surface area contributed by atoms with Gasteiger partial charge in [-0.3, -0.25) is 9.36 Å². The Hall–Kier alpha value is -3.61. The summed E-state index contributed by atoms with van der Waals surface area (Å²) >= 11 is 0. The van der Waals surface area contributed by atoms with Crippen molar-refractivity contribution in [3.63, 3.8) is 0 Å². The average molecular weight is 379 g/mol. The molecule has 0 aliphatic rings. The second-order valence-electron chi connectivity index (χ2n) is 5.97. The second-order valence-corrected chi connectivity index (χ2v) is 5.97. The van der Waals surface area contributed by atoms with E-state index in [1.807, 2.05) is 13.0 Å². The molecule has 0 aliphatic heterocycles. The van der Waals surface area contributed by atoms with Crippen LogP contribution in [0.25, 0.3) is 5.69 Å². The lowest BCUT2D eigenvalue weighted by molar-refractivity contribution is 0.103. The van der Waals surface area contributed by atoms with Crippen LogP contribution in [0.15, 0.2) is 65.5 Å². The van der Waals surface area contributed by atoms with Gasteiger partial charge in [0.05, 0.1) is 18.0 Å². The van der Waals surface area contributed by atoms with E-state index in [9.17, 15) is 14.4 Å². The predicted octanol–water partition coefficient (Wildman–Crippen LogP) is 3.13. The van der Waals surface area contributed by atoms with Gasteiger partial charge in [-0.25, -0.2) is 15.0 Å². The Balaban J connectivity index is 2.24. The molecular weight excluding hydrogens is 358 g/mol. The van der Waals surface area contributed by atoms with Crippen LogP contribution in [0.4, 0.5) is 4.79 Å². The molecule has 7 heteroatoms. The number of ketones is 1. The third kappa shape index (κ3) is 3.59. The van der Waals surface area contributed by atoms with Gasteiger partial charge in [0.2, 0.25) is 5.78 Å². The minimum Gasteiger partial charge on any atom is -0.449 e. The van der Waals surface area contributed by atoms with Crippen LogP contribution < -0.4 is 11.1 Å². The van der Waals surface area contributed by atoms with E-state index in [1.54, 1.807) is 61.5 Å². The van der Waals surface area contributed by atoms with Gasteiger partial charge in [-0.1, -0.05) is 55.5 Å². The summed E-state index contributed by atoms with van der Waals surface area (Å²) in [6.07, 6.45) is -0.394. The quantitative estimate of drug-likeness (QED) is 0.667. The monoisotopic (exact) mass is 379 g/mol. The maximum Gasteiger partial charge on any atom is 0.426 e. The molecule has 7 nitrogen and oxygen atoms in total. The molecular formula is C21H21N3O4. The van der Waals surface area contributed by atoms with Crippen LogP contribution in [0.5, 0.6) is 0 Å². The molecule has 0 saturated heterocycles. The van der Waals surface area contributed by atoms with Gasteiger partial charge in [-0.2, -0.15) is 4.68 Å². The van der Waals surface area contributed by atoms with Gasteiger partial charge >= 0.3 is 11.8 Å². The number of amides is 1. The Labute approximate surface area is 162 Å². The van der Waals surface area contributed by atoms with Crippen LogP contribution in [0.2, 0.25) is 0 Å². The number of carbonyl (C=O) groups is 2. The number of rotatable bonds is 6. The molecule has 0 radical (unpaired) electrons. The molecule has 0 aliphatic carbocycles. The van der Waals surface area contributed by atoms with Gasteiger partial charge in [-0.05, 0) is 25.5 Å². The molecule has 0 atom stereocenters. The van der Waals surface area contributed by atoms with Gasteiger partial charge < -0.3 is 4.74 Å². The Morgan fingerprint density at radius 1 is 0.964 bits per heavy atom. The molecule has 3 rings (SSSR count). The van der Waals surface area contributed by atoms with Crippen molar-refractivity contribution < 1.29 is 14.3 Å². The van der Waals surface area contributed by atoms with Crippen LogP contribution in [0.3, 0.4) is 0 Å². The lowest BCUT2D eigenvalue weighted by atomic mass is 10.1. The van der Waals surface area contributed by atoms with Gasteiger partial charge in [0.1, 0.15) is 5.69 Å². The average Bonchev–Trinajstić information content (AvgIpc) is 3.00. The summed E-state index contributed by atoms with van der Waals surface area (Å²) in [5.41, 5.74) is 3.49. The Kier molecular flexibility index (Phi) is 5.74. The lowest BCUT2D eigenvalue weighted by Crippen LogP contribution is -2.36. The summed E-state index contributed by atoms with van der Waals surface area (Å²) in [5.74, 6) is -0.360. The van der Waals surface area contributed by atoms with E-state index in [0.29, 0.717) is 23.4 Å². The molecule has 1 N–H and O–H groups in total. The number of carbonyl (C=O) groups excluding carboxylic acids is 2. The molecule has 1 aromatic heterocycles. The summed E-state index contributed by atoms with van der Waals surface area (Å²) in [4.78, 5) is 38.4. The summed E-state index contributed by atoms with van der Waals surface area (Å²) in [7, 11) is 0. The highest BCUT2D eigenvalue weighted by Gasteiger charge is 2.27. The number of hydrogen-bond acceptors (Lipinski definition) is 4. The first-order chi connectivity index (χ1) is 13.6. The minimum atomic E-state index is -0.806. The van der Waals surface area contributed by atoms with Crippen LogP contribution in [0.1, 0.15) is 35.6 Å². The van der Waals surface area contributed by atoms with Crippen molar-refractivity contribution in [2.45, 2.75) is 20.3 Å². The van der Waals surface area contributed by atoms with Crippen molar-refractivity contribution in [2.75, 3.05) is 12.0 Å². The number of hydrogen-bond donors (Lipinski definition) is 1. The lowest BCUT2D eigenvalue weighted by Gasteiger charge is -2.09. The van der Waals surface area contributed by atoms with Crippen LogP contribution in [-0.4, -0.2) is 27.7 Å². The summed E-state index contributed by atoms with van der Waals surface area (Å²) < 4.78 is 7.30. The third-order valence-electron chi connectivity index (χ3n) is 4.23. The smallest absolute Gasteiger partial charge is 0.426 e. The molecule has 144 valence electrons. The van der Waals surface area contributed by atoms with E-state index in [1.165, 1.54) is 4.57 Å². The highest BCUT2D eigenvalue weighted by atomic mass is 16.6. The molecule has 28 heavy (non-hydrogen) atoms. The SMILES string of the molecule is CCOC(=O)Nn1c(C(=O)c2ccccc2)c(CC)n(-c2ccccc2)c1=O. The van der Waals surface area contributed by atoms with E-state index in [2.05, 4.69) is 5.43 Å². The van der Waals surface area contributed by atoms with Crippen LogP contribution >= 0.6 is 0 Å². The molecule has 0 bridgehead atoms. The first-order valence-electron chi connectivity index (χ1n) is 9.04. The first-order valence-corrected chi connectivity index (χ1v) is 9.04. The Bertz CT molecular complexity index is 1040. The molecule has 1 heterocycles. The number of imidazole rings is 1.